The van der Waals surface area contributed by atoms with Gasteiger partial charge in [-0.1, -0.05) is 0 Å². The first-order valence-corrected chi connectivity index (χ1v) is 7.16. The van der Waals surface area contributed by atoms with Gasteiger partial charge in [-0.15, -0.1) is 0 Å². The standard InChI is InChI=1S/C13H27NO7/c15-4-6-19-8-10-21-12-11-20-9-7-18-5-2-1-3-14-13(16)17/h14-15H,1-12H2,(H,16,17). The average Bonchev–Trinajstić information content (AvgIpc) is 2.46. The van der Waals surface area contributed by atoms with E-state index in [1.54, 1.807) is 0 Å². The molecule has 0 aliphatic heterocycles. The van der Waals surface area contributed by atoms with Crippen molar-refractivity contribution < 1.29 is 34.0 Å². The van der Waals surface area contributed by atoms with E-state index in [0.29, 0.717) is 59.4 Å². The van der Waals surface area contributed by atoms with Crippen LogP contribution in [0.3, 0.4) is 0 Å². The van der Waals surface area contributed by atoms with Gasteiger partial charge in [0.15, 0.2) is 0 Å². The summed E-state index contributed by atoms with van der Waals surface area (Å²) < 4.78 is 20.9. The Morgan fingerprint density at radius 1 is 0.762 bits per heavy atom. The molecule has 0 saturated heterocycles. The molecule has 3 N–H and O–H groups in total. The van der Waals surface area contributed by atoms with Crippen molar-refractivity contribution in [3.63, 3.8) is 0 Å². The van der Waals surface area contributed by atoms with Crippen LogP contribution in [0.1, 0.15) is 12.8 Å². The molecule has 0 aromatic rings. The van der Waals surface area contributed by atoms with Crippen LogP contribution < -0.4 is 5.32 Å². The maximum Gasteiger partial charge on any atom is 0.404 e. The fraction of sp³-hybridized carbons (Fsp3) is 0.923. The molecular formula is C13H27NO7. The summed E-state index contributed by atoms with van der Waals surface area (Å²) in [6.07, 6.45) is 0.586. The van der Waals surface area contributed by atoms with Crippen LogP contribution in [0.25, 0.3) is 0 Å². The van der Waals surface area contributed by atoms with Crippen LogP contribution in [0, 0.1) is 0 Å². The summed E-state index contributed by atoms with van der Waals surface area (Å²) in [6.45, 7) is 4.42. The zero-order chi connectivity index (χ0) is 15.6. The number of amides is 1. The Bertz CT molecular complexity index is 229. The minimum Gasteiger partial charge on any atom is -0.465 e. The summed E-state index contributed by atoms with van der Waals surface area (Å²) in [7, 11) is 0. The van der Waals surface area contributed by atoms with Gasteiger partial charge in [0.2, 0.25) is 0 Å². The van der Waals surface area contributed by atoms with Crippen LogP contribution in [0.2, 0.25) is 0 Å². The Hall–Kier alpha value is -0.930. The van der Waals surface area contributed by atoms with E-state index < -0.39 is 6.09 Å². The monoisotopic (exact) mass is 309 g/mol. The second-order valence-electron chi connectivity index (χ2n) is 4.11. The smallest absolute Gasteiger partial charge is 0.404 e. The summed E-state index contributed by atoms with van der Waals surface area (Å²) in [5, 5.41) is 19.1. The molecular weight excluding hydrogens is 282 g/mol. The van der Waals surface area contributed by atoms with Gasteiger partial charge in [-0.2, -0.15) is 0 Å². The van der Waals surface area contributed by atoms with Gasteiger partial charge in [0.05, 0.1) is 52.9 Å². The van der Waals surface area contributed by atoms with Crippen molar-refractivity contribution in [2.75, 3.05) is 66.0 Å². The Kier molecular flexibility index (Phi) is 16.4. The number of carboxylic acid groups (broad SMARTS) is 1. The highest BCUT2D eigenvalue weighted by atomic mass is 16.6. The van der Waals surface area contributed by atoms with Crippen LogP contribution in [-0.4, -0.2) is 82.3 Å². The maximum absolute atomic E-state index is 10.2. The number of hydrogen-bond donors (Lipinski definition) is 3. The topological polar surface area (TPSA) is 106 Å². The molecule has 0 spiro atoms. The fourth-order valence-electron chi connectivity index (χ4n) is 1.35. The highest BCUT2D eigenvalue weighted by molar-refractivity contribution is 5.64. The van der Waals surface area contributed by atoms with E-state index in [2.05, 4.69) is 5.32 Å². The average molecular weight is 309 g/mol. The molecule has 0 atom stereocenters. The fourth-order valence-corrected chi connectivity index (χ4v) is 1.35. The largest absolute Gasteiger partial charge is 0.465 e. The number of rotatable bonds is 16. The number of unbranched alkanes of at least 4 members (excludes halogenated alkanes) is 1. The number of nitrogens with one attached hydrogen (secondary N) is 1. The van der Waals surface area contributed by atoms with E-state index >= 15 is 0 Å². The lowest BCUT2D eigenvalue weighted by Crippen LogP contribution is -2.22. The van der Waals surface area contributed by atoms with Gasteiger partial charge in [-0.3, -0.25) is 0 Å². The molecule has 0 fully saturated rings. The van der Waals surface area contributed by atoms with Crippen molar-refractivity contribution in [3.05, 3.63) is 0 Å². The lowest BCUT2D eigenvalue weighted by Gasteiger charge is -2.07. The first-order valence-electron chi connectivity index (χ1n) is 7.16. The van der Waals surface area contributed by atoms with Gasteiger partial charge in [0, 0.05) is 13.2 Å². The molecule has 1 amide bonds. The lowest BCUT2D eigenvalue weighted by atomic mass is 10.3. The molecule has 0 aliphatic rings. The second kappa shape index (κ2) is 17.1. The summed E-state index contributed by atoms with van der Waals surface area (Å²) in [5.74, 6) is 0. The first kappa shape index (κ1) is 20.1. The van der Waals surface area contributed by atoms with E-state index in [9.17, 15) is 4.79 Å². The summed E-state index contributed by atoms with van der Waals surface area (Å²) in [6, 6.07) is 0. The Morgan fingerprint density at radius 3 is 1.71 bits per heavy atom. The zero-order valence-corrected chi connectivity index (χ0v) is 12.4. The Balaban J connectivity index is 2.95. The molecule has 0 aromatic carbocycles. The van der Waals surface area contributed by atoms with E-state index in [1.165, 1.54) is 0 Å². The van der Waals surface area contributed by atoms with Gasteiger partial charge in [0.25, 0.3) is 0 Å². The molecule has 8 heteroatoms. The predicted octanol–water partition coefficient (Wildman–Crippen LogP) is 0.0929. The van der Waals surface area contributed by atoms with Crippen molar-refractivity contribution >= 4 is 6.09 Å². The van der Waals surface area contributed by atoms with Crippen molar-refractivity contribution in [1.29, 1.82) is 0 Å². The third-order valence-electron chi connectivity index (χ3n) is 2.34. The minimum atomic E-state index is -0.994. The molecule has 0 unspecified atom stereocenters. The van der Waals surface area contributed by atoms with Crippen molar-refractivity contribution in [2.24, 2.45) is 0 Å². The van der Waals surface area contributed by atoms with Crippen LogP contribution in [0.4, 0.5) is 4.79 Å². The predicted molar refractivity (Wildman–Crippen MR) is 75.6 cm³/mol. The van der Waals surface area contributed by atoms with Gasteiger partial charge in [0.1, 0.15) is 0 Å². The Morgan fingerprint density at radius 2 is 1.24 bits per heavy atom. The van der Waals surface area contributed by atoms with E-state index in [-0.39, 0.29) is 6.61 Å². The highest BCUT2D eigenvalue weighted by Crippen LogP contribution is 1.89. The molecule has 21 heavy (non-hydrogen) atoms. The number of aliphatic hydroxyl groups is 1. The Labute approximate surface area is 125 Å². The van der Waals surface area contributed by atoms with Crippen LogP contribution in [-0.2, 0) is 18.9 Å². The van der Waals surface area contributed by atoms with Gasteiger partial charge in [-0.05, 0) is 12.8 Å². The van der Waals surface area contributed by atoms with Crippen LogP contribution in [0.15, 0.2) is 0 Å². The quantitative estimate of drug-likeness (QED) is 0.347. The number of hydrogen-bond acceptors (Lipinski definition) is 6. The maximum atomic E-state index is 10.2. The number of aliphatic hydroxyl groups excluding tert-OH is 1. The zero-order valence-electron chi connectivity index (χ0n) is 12.4. The van der Waals surface area contributed by atoms with E-state index in [1.807, 2.05) is 0 Å². The molecule has 126 valence electrons. The SMILES string of the molecule is O=C(O)NCCCCOCCOCCOCCOCCO. The molecule has 8 nitrogen and oxygen atoms in total. The molecule has 0 bridgehead atoms. The molecule has 0 aliphatic carbocycles. The normalized spacial score (nSPS) is 10.7. The van der Waals surface area contributed by atoms with Gasteiger partial charge >= 0.3 is 6.09 Å². The number of carbonyl (C=O) groups is 1. The summed E-state index contributed by atoms with van der Waals surface area (Å²) in [5.41, 5.74) is 0. The highest BCUT2D eigenvalue weighted by Gasteiger charge is 1.95. The first-order chi connectivity index (χ1) is 10.3. The summed E-state index contributed by atoms with van der Waals surface area (Å²) >= 11 is 0. The molecule has 0 aromatic heterocycles. The second-order valence-corrected chi connectivity index (χ2v) is 4.11. The van der Waals surface area contributed by atoms with Crippen molar-refractivity contribution in [1.82, 2.24) is 5.32 Å². The third kappa shape index (κ3) is 19.1. The molecule has 0 radical (unpaired) electrons. The minimum absolute atomic E-state index is 0.0270. The van der Waals surface area contributed by atoms with Gasteiger partial charge in [-0.25, -0.2) is 4.79 Å². The van der Waals surface area contributed by atoms with Crippen molar-refractivity contribution in [3.8, 4) is 0 Å². The number of ether oxygens (including phenoxy) is 4. The van der Waals surface area contributed by atoms with Crippen LogP contribution >= 0.6 is 0 Å². The molecule has 0 heterocycles. The lowest BCUT2D eigenvalue weighted by molar-refractivity contribution is -0.00573. The van der Waals surface area contributed by atoms with E-state index in [0.717, 1.165) is 12.8 Å². The summed E-state index contributed by atoms with van der Waals surface area (Å²) in [4.78, 5) is 10.2. The third-order valence-corrected chi connectivity index (χ3v) is 2.34. The molecule has 0 saturated carbocycles. The van der Waals surface area contributed by atoms with Crippen LogP contribution in [0.5, 0.6) is 0 Å². The van der Waals surface area contributed by atoms with E-state index in [4.69, 9.17) is 29.2 Å². The molecule has 0 rings (SSSR count). The van der Waals surface area contributed by atoms with Gasteiger partial charge < -0.3 is 34.5 Å². The van der Waals surface area contributed by atoms with Crippen molar-refractivity contribution in [2.45, 2.75) is 12.8 Å².